The largest absolute Gasteiger partial charge is 0.307 e. The fourth-order valence-electron chi connectivity index (χ4n) is 2.50. The van der Waals surface area contributed by atoms with E-state index in [4.69, 9.17) is 11.6 Å². The Morgan fingerprint density at radius 3 is 2.30 bits per heavy atom. The van der Waals surface area contributed by atoms with Gasteiger partial charge in [-0.15, -0.1) is 0 Å². The maximum absolute atomic E-state index is 5.93. The van der Waals surface area contributed by atoms with Crippen molar-refractivity contribution in [2.24, 2.45) is 0 Å². The van der Waals surface area contributed by atoms with Gasteiger partial charge in [0.05, 0.1) is 0 Å². The number of benzene rings is 2. The fourth-order valence-corrected chi connectivity index (χ4v) is 2.63. The SMILES string of the molecule is Cc1ccccc1CC(C)NC(C)c1ccc(Cl)cc1. The summed E-state index contributed by atoms with van der Waals surface area (Å²) in [6, 6.07) is 17.4. The summed E-state index contributed by atoms with van der Waals surface area (Å²) in [5.41, 5.74) is 4.04. The standard InChI is InChI=1S/C18H22ClN/c1-13-6-4-5-7-17(13)12-14(2)20-15(3)16-8-10-18(19)11-9-16/h4-11,14-15,20H,12H2,1-3H3. The van der Waals surface area contributed by atoms with Gasteiger partial charge in [0.2, 0.25) is 0 Å². The van der Waals surface area contributed by atoms with Crippen molar-refractivity contribution >= 4 is 11.6 Å². The third-order valence-corrected chi connectivity index (χ3v) is 3.94. The minimum atomic E-state index is 0.325. The minimum Gasteiger partial charge on any atom is -0.307 e. The molecule has 0 aliphatic rings. The molecule has 0 radical (unpaired) electrons. The Balaban J connectivity index is 1.96. The van der Waals surface area contributed by atoms with Crippen molar-refractivity contribution in [3.63, 3.8) is 0 Å². The summed E-state index contributed by atoms with van der Waals surface area (Å²) in [5.74, 6) is 0. The molecule has 2 aromatic rings. The highest BCUT2D eigenvalue weighted by atomic mass is 35.5. The molecule has 2 unspecified atom stereocenters. The van der Waals surface area contributed by atoms with E-state index in [9.17, 15) is 0 Å². The number of nitrogens with one attached hydrogen (secondary N) is 1. The Bertz CT molecular complexity index is 548. The van der Waals surface area contributed by atoms with Gasteiger partial charge in [0, 0.05) is 17.1 Å². The summed E-state index contributed by atoms with van der Waals surface area (Å²) in [6.45, 7) is 6.60. The zero-order valence-corrected chi connectivity index (χ0v) is 13.1. The molecule has 0 saturated carbocycles. The number of hydrogen-bond donors (Lipinski definition) is 1. The van der Waals surface area contributed by atoms with Crippen molar-refractivity contribution in [2.45, 2.75) is 39.3 Å². The molecule has 0 heterocycles. The Morgan fingerprint density at radius 1 is 1.00 bits per heavy atom. The highest BCUT2D eigenvalue weighted by molar-refractivity contribution is 6.30. The molecule has 0 saturated heterocycles. The van der Waals surface area contributed by atoms with Crippen molar-refractivity contribution < 1.29 is 0 Å². The summed E-state index contributed by atoms with van der Waals surface area (Å²) in [5, 5.41) is 4.43. The molecule has 106 valence electrons. The zero-order valence-electron chi connectivity index (χ0n) is 12.4. The van der Waals surface area contributed by atoms with Crippen LogP contribution in [0.1, 0.15) is 36.6 Å². The van der Waals surface area contributed by atoms with E-state index in [1.165, 1.54) is 16.7 Å². The van der Waals surface area contributed by atoms with Crippen LogP contribution in [0.2, 0.25) is 5.02 Å². The summed E-state index contributed by atoms with van der Waals surface area (Å²) < 4.78 is 0. The van der Waals surface area contributed by atoms with E-state index in [-0.39, 0.29) is 0 Å². The average Bonchev–Trinajstić information content (AvgIpc) is 2.42. The fraction of sp³-hybridized carbons (Fsp3) is 0.333. The van der Waals surface area contributed by atoms with Gasteiger partial charge in [-0.05, 0) is 56.0 Å². The number of aryl methyl sites for hydroxylation is 1. The molecule has 20 heavy (non-hydrogen) atoms. The zero-order chi connectivity index (χ0) is 14.5. The van der Waals surface area contributed by atoms with Crippen LogP contribution < -0.4 is 5.32 Å². The van der Waals surface area contributed by atoms with Gasteiger partial charge in [0.25, 0.3) is 0 Å². The van der Waals surface area contributed by atoms with Crippen molar-refractivity contribution in [1.29, 1.82) is 0 Å². The number of halogens is 1. The van der Waals surface area contributed by atoms with Crippen LogP contribution in [0.4, 0.5) is 0 Å². The first-order valence-electron chi connectivity index (χ1n) is 7.12. The molecule has 0 amide bonds. The van der Waals surface area contributed by atoms with Gasteiger partial charge in [-0.2, -0.15) is 0 Å². The van der Waals surface area contributed by atoms with Crippen molar-refractivity contribution in [3.8, 4) is 0 Å². The molecular formula is C18H22ClN. The van der Waals surface area contributed by atoms with E-state index in [0.29, 0.717) is 12.1 Å². The molecule has 0 aromatic heterocycles. The Labute approximate surface area is 127 Å². The molecule has 1 nitrogen and oxygen atoms in total. The van der Waals surface area contributed by atoms with Gasteiger partial charge >= 0.3 is 0 Å². The van der Waals surface area contributed by atoms with Crippen LogP contribution in [-0.2, 0) is 6.42 Å². The normalized spacial score (nSPS) is 14.0. The van der Waals surface area contributed by atoms with Gasteiger partial charge < -0.3 is 5.32 Å². The van der Waals surface area contributed by atoms with Crippen molar-refractivity contribution in [3.05, 3.63) is 70.2 Å². The molecule has 2 heteroatoms. The number of hydrogen-bond acceptors (Lipinski definition) is 1. The van der Waals surface area contributed by atoms with Gasteiger partial charge in [-0.3, -0.25) is 0 Å². The summed E-state index contributed by atoms with van der Waals surface area (Å²) in [7, 11) is 0. The highest BCUT2D eigenvalue weighted by Crippen LogP contribution is 2.17. The molecule has 0 aliphatic carbocycles. The molecule has 1 N–H and O–H groups in total. The van der Waals surface area contributed by atoms with Crippen LogP contribution in [0.3, 0.4) is 0 Å². The Kier molecular flexibility index (Phi) is 5.22. The first-order chi connectivity index (χ1) is 9.56. The third kappa shape index (κ3) is 4.09. The summed E-state index contributed by atoms with van der Waals surface area (Å²) >= 11 is 5.93. The van der Waals surface area contributed by atoms with E-state index in [1.807, 2.05) is 12.1 Å². The molecular weight excluding hydrogens is 266 g/mol. The van der Waals surface area contributed by atoms with E-state index < -0.39 is 0 Å². The van der Waals surface area contributed by atoms with Crippen molar-refractivity contribution in [2.75, 3.05) is 0 Å². The topological polar surface area (TPSA) is 12.0 Å². The van der Waals surface area contributed by atoms with E-state index in [0.717, 1.165) is 11.4 Å². The van der Waals surface area contributed by atoms with Crippen LogP contribution in [0.25, 0.3) is 0 Å². The monoisotopic (exact) mass is 287 g/mol. The van der Waals surface area contributed by atoms with Gasteiger partial charge in [-0.1, -0.05) is 48.0 Å². The van der Waals surface area contributed by atoms with Crippen LogP contribution in [0.15, 0.2) is 48.5 Å². The maximum Gasteiger partial charge on any atom is 0.0406 e. The van der Waals surface area contributed by atoms with Crippen molar-refractivity contribution in [1.82, 2.24) is 5.32 Å². The highest BCUT2D eigenvalue weighted by Gasteiger charge is 2.10. The van der Waals surface area contributed by atoms with Crippen LogP contribution >= 0.6 is 11.6 Å². The Hall–Kier alpha value is -1.31. The number of rotatable bonds is 5. The minimum absolute atomic E-state index is 0.325. The van der Waals surface area contributed by atoms with E-state index in [2.05, 4.69) is 62.5 Å². The lowest BCUT2D eigenvalue weighted by Gasteiger charge is -2.21. The van der Waals surface area contributed by atoms with Crippen LogP contribution in [0.5, 0.6) is 0 Å². The molecule has 2 rings (SSSR count). The predicted octanol–water partition coefficient (Wildman–Crippen LogP) is 4.93. The summed E-state index contributed by atoms with van der Waals surface area (Å²) in [4.78, 5) is 0. The first kappa shape index (κ1) is 15.1. The second-order valence-corrected chi connectivity index (χ2v) is 5.91. The average molecular weight is 288 g/mol. The third-order valence-electron chi connectivity index (χ3n) is 3.69. The summed E-state index contributed by atoms with van der Waals surface area (Å²) in [6.07, 6.45) is 1.05. The van der Waals surface area contributed by atoms with E-state index >= 15 is 0 Å². The quantitative estimate of drug-likeness (QED) is 0.822. The maximum atomic E-state index is 5.93. The van der Waals surface area contributed by atoms with Crippen LogP contribution in [0, 0.1) is 6.92 Å². The van der Waals surface area contributed by atoms with Gasteiger partial charge in [-0.25, -0.2) is 0 Å². The molecule has 0 spiro atoms. The molecule has 0 fully saturated rings. The Morgan fingerprint density at radius 2 is 1.65 bits per heavy atom. The lowest BCUT2D eigenvalue weighted by Crippen LogP contribution is -2.30. The molecule has 0 aliphatic heterocycles. The first-order valence-corrected chi connectivity index (χ1v) is 7.50. The molecule has 2 atom stereocenters. The van der Waals surface area contributed by atoms with E-state index in [1.54, 1.807) is 0 Å². The smallest absolute Gasteiger partial charge is 0.0406 e. The predicted molar refractivity (Wildman–Crippen MR) is 87.3 cm³/mol. The lowest BCUT2D eigenvalue weighted by molar-refractivity contribution is 0.476. The van der Waals surface area contributed by atoms with Gasteiger partial charge in [0.15, 0.2) is 0 Å². The second kappa shape index (κ2) is 6.92. The lowest BCUT2D eigenvalue weighted by atomic mass is 10.0. The molecule has 0 bridgehead atoms. The van der Waals surface area contributed by atoms with Crippen LogP contribution in [-0.4, -0.2) is 6.04 Å². The second-order valence-electron chi connectivity index (χ2n) is 5.47. The van der Waals surface area contributed by atoms with Gasteiger partial charge in [0.1, 0.15) is 0 Å². The molecule has 2 aromatic carbocycles.